The van der Waals surface area contributed by atoms with Gasteiger partial charge in [0, 0.05) is 19.6 Å². The van der Waals surface area contributed by atoms with Crippen molar-refractivity contribution >= 4 is 5.91 Å². The molecule has 0 aliphatic heterocycles. The van der Waals surface area contributed by atoms with E-state index in [-0.39, 0.29) is 12.2 Å². The Kier molecular flexibility index (Phi) is 8.57. The highest BCUT2D eigenvalue weighted by atomic mass is 16.7. The number of carbonyl (C=O) groups excluding carboxylic acids is 1. The number of ether oxygens (including phenoxy) is 2. The molecule has 84 valence electrons. The zero-order chi connectivity index (χ0) is 10.8. The summed E-state index contributed by atoms with van der Waals surface area (Å²) in [4.78, 5) is 11.1. The fourth-order valence-corrected chi connectivity index (χ4v) is 1.05. The van der Waals surface area contributed by atoms with Gasteiger partial charge in [0.05, 0.1) is 6.54 Å². The minimum Gasteiger partial charge on any atom is -0.351 e. The van der Waals surface area contributed by atoms with E-state index in [9.17, 15) is 4.79 Å². The lowest BCUT2D eigenvalue weighted by Gasteiger charge is -2.17. The Hall–Kier alpha value is -0.610. The molecule has 14 heavy (non-hydrogen) atoms. The van der Waals surface area contributed by atoms with Gasteiger partial charge in [0.25, 0.3) is 0 Å². The van der Waals surface area contributed by atoms with Crippen LogP contribution in [0, 0.1) is 0 Å². The van der Waals surface area contributed by atoms with E-state index in [4.69, 9.17) is 9.47 Å². The van der Waals surface area contributed by atoms with Gasteiger partial charge in [-0.05, 0) is 20.3 Å². The van der Waals surface area contributed by atoms with Gasteiger partial charge in [0.15, 0.2) is 6.29 Å². The van der Waals surface area contributed by atoms with Gasteiger partial charge in [-0.15, -0.1) is 0 Å². The summed E-state index contributed by atoms with van der Waals surface area (Å²) in [6, 6.07) is 0. The third-order valence-corrected chi connectivity index (χ3v) is 1.65. The summed E-state index contributed by atoms with van der Waals surface area (Å²) in [7, 11) is 0. The number of carbonyl (C=O) groups is 1. The summed E-state index contributed by atoms with van der Waals surface area (Å²) in [5, 5.41) is 2.76. The molecule has 0 bridgehead atoms. The van der Waals surface area contributed by atoms with Crippen molar-refractivity contribution in [1.29, 1.82) is 0 Å². The Bertz CT molecular complexity index is 144. The fraction of sp³-hybridized carbons (Fsp3) is 0.900. The second-order valence-corrected chi connectivity index (χ2v) is 2.89. The van der Waals surface area contributed by atoms with Crippen molar-refractivity contribution in [1.82, 2.24) is 5.32 Å². The number of hydrogen-bond acceptors (Lipinski definition) is 3. The summed E-state index contributed by atoms with van der Waals surface area (Å²) in [5.74, 6) is 0.0527. The molecule has 0 saturated carbocycles. The van der Waals surface area contributed by atoms with Crippen molar-refractivity contribution in [2.75, 3.05) is 19.8 Å². The lowest BCUT2D eigenvalue weighted by Crippen LogP contribution is -2.35. The molecule has 0 aromatic carbocycles. The molecule has 0 rings (SSSR count). The first kappa shape index (κ1) is 13.4. The van der Waals surface area contributed by atoms with Gasteiger partial charge >= 0.3 is 0 Å². The summed E-state index contributed by atoms with van der Waals surface area (Å²) in [6.07, 6.45) is 1.11. The van der Waals surface area contributed by atoms with Crippen LogP contribution >= 0.6 is 0 Å². The maximum atomic E-state index is 11.1. The topological polar surface area (TPSA) is 47.6 Å². The quantitative estimate of drug-likeness (QED) is 0.605. The highest BCUT2D eigenvalue weighted by Crippen LogP contribution is 1.94. The SMILES string of the molecule is CCCC(=O)NCC(OCC)OCC. The van der Waals surface area contributed by atoms with Crippen molar-refractivity contribution < 1.29 is 14.3 Å². The Morgan fingerprint density at radius 1 is 1.21 bits per heavy atom. The highest BCUT2D eigenvalue weighted by molar-refractivity contribution is 5.75. The van der Waals surface area contributed by atoms with Crippen LogP contribution in [0.15, 0.2) is 0 Å². The molecular formula is C10H21NO3. The Morgan fingerprint density at radius 2 is 1.79 bits per heavy atom. The minimum atomic E-state index is -0.314. The summed E-state index contributed by atoms with van der Waals surface area (Å²) >= 11 is 0. The van der Waals surface area contributed by atoms with Gasteiger partial charge in [-0.3, -0.25) is 4.79 Å². The molecule has 0 heterocycles. The number of nitrogens with one attached hydrogen (secondary N) is 1. The van der Waals surface area contributed by atoms with Crippen LogP contribution in [0.2, 0.25) is 0 Å². The molecule has 0 aromatic heterocycles. The van der Waals surface area contributed by atoms with Gasteiger partial charge in [-0.2, -0.15) is 0 Å². The molecule has 1 amide bonds. The molecule has 0 radical (unpaired) electrons. The molecule has 0 fully saturated rings. The van der Waals surface area contributed by atoms with Gasteiger partial charge in [-0.25, -0.2) is 0 Å². The number of amides is 1. The maximum absolute atomic E-state index is 11.1. The van der Waals surface area contributed by atoms with Crippen LogP contribution in [0.1, 0.15) is 33.6 Å². The standard InChI is InChI=1S/C10H21NO3/c1-4-7-9(12)11-8-10(13-5-2)14-6-3/h10H,4-8H2,1-3H3,(H,11,12). The normalized spacial score (nSPS) is 10.6. The monoisotopic (exact) mass is 203 g/mol. The van der Waals surface area contributed by atoms with Gasteiger partial charge in [0.2, 0.25) is 5.91 Å². The first-order valence-corrected chi connectivity index (χ1v) is 5.24. The molecule has 4 nitrogen and oxygen atoms in total. The maximum Gasteiger partial charge on any atom is 0.220 e. The molecule has 0 aliphatic rings. The molecular weight excluding hydrogens is 182 g/mol. The molecule has 0 unspecified atom stereocenters. The molecule has 1 N–H and O–H groups in total. The van der Waals surface area contributed by atoms with E-state index in [0.29, 0.717) is 26.2 Å². The lowest BCUT2D eigenvalue weighted by molar-refractivity contribution is -0.140. The van der Waals surface area contributed by atoms with Crippen molar-refractivity contribution in [2.45, 2.75) is 39.9 Å². The van der Waals surface area contributed by atoms with Crippen LogP contribution < -0.4 is 5.32 Å². The molecule has 0 spiro atoms. The van der Waals surface area contributed by atoms with Crippen LogP contribution in [0.5, 0.6) is 0 Å². The van der Waals surface area contributed by atoms with E-state index in [1.54, 1.807) is 0 Å². The predicted octanol–water partition coefficient (Wildman–Crippen LogP) is 1.30. The Labute approximate surface area is 86.0 Å². The van der Waals surface area contributed by atoms with E-state index in [0.717, 1.165) is 6.42 Å². The molecule has 0 saturated heterocycles. The van der Waals surface area contributed by atoms with E-state index >= 15 is 0 Å². The van der Waals surface area contributed by atoms with E-state index in [1.807, 2.05) is 20.8 Å². The van der Waals surface area contributed by atoms with E-state index in [2.05, 4.69) is 5.32 Å². The van der Waals surface area contributed by atoms with E-state index < -0.39 is 0 Å². The van der Waals surface area contributed by atoms with Crippen LogP contribution in [0.25, 0.3) is 0 Å². The molecule has 0 atom stereocenters. The smallest absolute Gasteiger partial charge is 0.220 e. The van der Waals surface area contributed by atoms with Crippen molar-refractivity contribution in [3.63, 3.8) is 0 Å². The largest absolute Gasteiger partial charge is 0.351 e. The van der Waals surface area contributed by atoms with Crippen LogP contribution in [-0.4, -0.2) is 32.0 Å². The van der Waals surface area contributed by atoms with Crippen LogP contribution in [0.3, 0.4) is 0 Å². The molecule has 0 aliphatic carbocycles. The molecule has 4 heteroatoms. The summed E-state index contributed by atoms with van der Waals surface area (Å²) < 4.78 is 10.5. The van der Waals surface area contributed by atoms with Crippen molar-refractivity contribution in [3.05, 3.63) is 0 Å². The second-order valence-electron chi connectivity index (χ2n) is 2.89. The average Bonchev–Trinajstić information content (AvgIpc) is 2.15. The Balaban J connectivity index is 3.63. The van der Waals surface area contributed by atoms with Crippen LogP contribution in [-0.2, 0) is 14.3 Å². The van der Waals surface area contributed by atoms with Crippen molar-refractivity contribution in [2.24, 2.45) is 0 Å². The zero-order valence-corrected chi connectivity index (χ0v) is 9.34. The lowest BCUT2D eigenvalue weighted by atomic mass is 10.3. The third-order valence-electron chi connectivity index (χ3n) is 1.65. The Morgan fingerprint density at radius 3 is 2.21 bits per heavy atom. The van der Waals surface area contributed by atoms with E-state index in [1.165, 1.54) is 0 Å². The van der Waals surface area contributed by atoms with Gasteiger partial charge in [-0.1, -0.05) is 6.92 Å². The predicted molar refractivity (Wildman–Crippen MR) is 55.0 cm³/mol. The second kappa shape index (κ2) is 8.97. The first-order valence-electron chi connectivity index (χ1n) is 5.24. The zero-order valence-electron chi connectivity index (χ0n) is 9.34. The first-order chi connectivity index (χ1) is 6.74. The van der Waals surface area contributed by atoms with Gasteiger partial charge in [0.1, 0.15) is 0 Å². The summed E-state index contributed by atoms with van der Waals surface area (Å²) in [5.41, 5.74) is 0. The van der Waals surface area contributed by atoms with Gasteiger partial charge < -0.3 is 14.8 Å². The molecule has 0 aromatic rings. The minimum absolute atomic E-state index is 0.0527. The fourth-order valence-electron chi connectivity index (χ4n) is 1.05. The number of hydrogen-bond donors (Lipinski definition) is 1. The summed E-state index contributed by atoms with van der Waals surface area (Å²) in [6.45, 7) is 7.39. The number of rotatable bonds is 8. The average molecular weight is 203 g/mol. The third kappa shape index (κ3) is 6.86. The van der Waals surface area contributed by atoms with Crippen molar-refractivity contribution in [3.8, 4) is 0 Å². The van der Waals surface area contributed by atoms with Crippen LogP contribution in [0.4, 0.5) is 0 Å². The highest BCUT2D eigenvalue weighted by Gasteiger charge is 2.08.